The molecular formula is C17H22N2. The van der Waals surface area contributed by atoms with E-state index in [1.165, 1.54) is 5.56 Å². The van der Waals surface area contributed by atoms with E-state index in [1.54, 1.807) is 0 Å². The summed E-state index contributed by atoms with van der Waals surface area (Å²) in [5, 5.41) is 3.40. The molecule has 3 N–H and O–H groups in total. The summed E-state index contributed by atoms with van der Waals surface area (Å²) in [5.74, 6) is 0. The van der Waals surface area contributed by atoms with Crippen LogP contribution in [-0.2, 0) is 6.54 Å². The Morgan fingerprint density at radius 3 is 2.21 bits per heavy atom. The SMILES string of the molecule is CCCNCc1ccc(C(N)c2ccccc2)cc1. The third-order valence-electron chi connectivity index (χ3n) is 3.25. The number of hydrogen-bond acceptors (Lipinski definition) is 2. The largest absolute Gasteiger partial charge is 0.320 e. The van der Waals surface area contributed by atoms with Crippen LogP contribution in [-0.4, -0.2) is 6.54 Å². The highest BCUT2D eigenvalue weighted by atomic mass is 14.8. The maximum absolute atomic E-state index is 6.27. The highest BCUT2D eigenvalue weighted by Gasteiger charge is 2.07. The van der Waals surface area contributed by atoms with Gasteiger partial charge in [-0.1, -0.05) is 61.5 Å². The van der Waals surface area contributed by atoms with Gasteiger partial charge in [-0.3, -0.25) is 0 Å². The van der Waals surface area contributed by atoms with Crippen LogP contribution in [0.2, 0.25) is 0 Å². The van der Waals surface area contributed by atoms with E-state index in [9.17, 15) is 0 Å². The summed E-state index contributed by atoms with van der Waals surface area (Å²) >= 11 is 0. The standard InChI is InChI=1S/C17H22N2/c1-2-12-19-13-14-8-10-16(11-9-14)17(18)15-6-4-3-5-7-15/h3-11,17,19H,2,12-13,18H2,1H3. The molecule has 0 spiro atoms. The number of nitrogens with two attached hydrogens (primary N) is 1. The Morgan fingerprint density at radius 1 is 0.947 bits per heavy atom. The number of benzene rings is 2. The Kier molecular flexibility index (Phi) is 5.13. The zero-order valence-electron chi connectivity index (χ0n) is 11.5. The van der Waals surface area contributed by atoms with Gasteiger partial charge in [0.25, 0.3) is 0 Å². The molecule has 0 aliphatic carbocycles. The van der Waals surface area contributed by atoms with Gasteiger partial charge in [0.2, 0.25) is 0 Å². The number of rotatable bonds is 6. The van der Waals surface area contributed by atoms with Gasteiger partial charge >= 0.3 is 0 Å². The first kappa shape index (κ1) is 13.8. The summed E-state index contributed by atoms with van der Waals surface area (Å²) in [4.78, 5) is 0. The Hall–Kier alpha value is -1.64. The fraction of sp³-hybridized carbons (Fsp3) is 0.294. The van der Waals surface area contributed by atoms with Crippen molar-refractivity contribution in [3.05, 3.63) is 71.3 Å². The van der Waals surface area contributed by atoms with E-state index in [4.69, 9.17) is 5.73 Å². The van der Waals surface area contributed by atoms with Crippen LogP contribution in [0.15, 0.2) is 54.6 Å². The first-order valence-corrected chi connectivity index (χ1v) is 6.91. The molecule has 1 unspecified atom stereocenters. The minimum Gasteiger partial charge on any atom is -0.320 e. The van der Waals surface area contributed by atoms with Crippen molar-refractivity contribution in [3.8, 4) is 0 Å². The zero-order chi connectivity index (χ0) is 13.5. The third-order valence-corrected chi connectivity index (χ3v) is 3.25. The third kappa shape index (κ3) is 3.91. The molecule has 0 heterocycles. The molecule has 2 aromatic rings. The lowest BCUT2D eigenvalue weighted by molar-refractivity contribution is 0.675. The van der Waals surface area contributed by atoms with Crippen LogP contribution in [0.1, 0.15) is 36.1 Å². The van der Waals surface area contributed by atoms with Crippen molar-refractivity contribution in [1.82, 2.24) is 5.32 Å². The van der Waals surface area contributed by atoms with Crippen molar-refractivity contribution in [3.63, 3.8) is 0 Å². The van der Waals surface area contributed by atoms with Crippen LogP contribution in [0.3, 0.4) is 0 Å². The van der Waals surface area contributed by atoms with E-state index in [2.05, 4.69) is 48.6 Å². The predicted molar refractivity (Wildman–Crippen MR) is 80.9 cm³/mol. The fourth-order valence-corrected chi connectivity index (χ4v) is 2.11. The molecule has 0 radical (unpaired) electrons. The minimum absolute atomic E-state index is 0.0427. The van der Waals surface area contributed by atoms with Crippen molar-refractivity contribution in [2.24, 2.45) is 5.73 Å². The second-order valence-corrected chi connectivity index (χ2v) is 4.81. The maximum atomic E-state index is 6.27. The molecule has 0 aliphatic heterocycles. The molecule has 0 saturated carbocycles. The lowest BCUT2D eigenvalue weighted by Gasteiger charge is -2.13. The second kappa shape index (κ2) is 7.07. The van der Waals surface area contributed by atoms with Crippen LogP contribution in [0.5, 0.6) is 0 Å². The van der Waals surface area contributed by atoms with Crippen LogP contribution >= 0.6 is 0 Å². The van der Waals surface area contributed by atoms with Gasteiger partial charge in [0, 0.05) is 6.54 Å². The first-order chi connectivity index (χ1) is 9.31. The maximum Gasteiger partial charge on any atom is 0.0551 e. The summed E-state index contributed by atoms with van der Waals surface area (Å²) in [6.07, 6.45) is 1.16. The molecule has 0 aromatic heterocycles. The normalized spacial score (nSPS) is 12.3. The van der Waals surface area contributed by atoms with E-state index in [-0.39, 0.29) is 6.04 Å². The average Bonchev–Trinajstić information content (AvgIpc) is 2.48. The van der Waals surface area contributed by atoms with Gasteiger partial charge in [-0.15, -0.1) is 0 Å². The van der Waals surface area contributed by atoms with Crippen LogP contribution in [0, 0.1) is 0 Å². The molecule has 0 aliphatic rings. The smallest absolute Gasteiger partial charge is 0.0551 e. The van der Waals surface area contributed by atoms with Crippen molar-refractivity contribution < 1.29 is 0 Å². The molecule has 2 nitrogen and oxygen atoms in total. The van der Waals surface area contributed by atoms with E-state index < -0.39 is 0 Å². The molecule has 19 heavy (non-hydrogen) atoms. The molecule has 2 rings (SSSR count). The molecular weight excluding hydrogens is 232 g/mol. The minimum atomic E-state index is -0.0427. The summed E-state index contributed by atoms with van der Waals surface area (Å²) in [6.45, 7) is 4.16. The van der Waals surface area contributed by atoms with Crippen molar-refractivity contribution >= 4 is 0 Å². The van der Waals surface area contributed by atoms with E-state index >= 15 is 0 Å². The molecule has 0 amide bonds. The van der Waals surface area contributed by atoms with E-state index in [1.807, 2.05) is 18.2 Å². The van der Waals surface area contributed by atoms with Crippen molar-refractivity contribution in [2.75, 3.05) is 6.54 Å². The monoisotopic (exact) mass is 254 g/mol. The van der Waals surface area contributed by atoms with Gasteiger partial charge in [0.1, 0.15) is 0 Å². The van der Waals surface area contributed by atoms with Gasteiger partial charge < -0.3 is 11.1 Å². The Bertz CT molecular complexity index is 476. The van der Waals surface area contributed by atoms with Gasteiger partial charge in [-0.2, -0.15) is 0 Å². The van der Waals surface area contributed by atoms with Gasteiger partial charge in [-0.25, -0.2) is 0 Å². The topological polar surface area (TPSA) is 38.0 Å². The predicted octanol–water partition coefficient (Wildman–Crippen LogP) is 3.23. The average molecular weight is 254 g/mol. The quantitative estimate of drug-likeness (QED) is 0.777. The number of hydrogen-bond donors (Lipinski definition) is 2. The van der Waals surface area contributed by atoms with Crippen LogP contribution in [0.25, 0.3) is 0 Å². The van der Waals surface area contributed by atoms with Crippen molar-refractivity contribution in [1.29, 1.82) is 0 Å². The lowest BCUT2D eigenvalue weighted by atomic mass is 9.99. The summed E-state index contributed by atoms with van der Waals surface area (Å²) in [7, 11) is 0. The molecule has 2 aromatic carbocycles. The van der Waals surface area contributed by atoms with E-state index in [0.717, 1.165) is 30.6 Å². The summed E-state index contributed by atoms with van der Waals surface area (Å²) in [6, 6.07) is 18.7. The molecule has 0 saturated heterocycles. The fourth-order valence-electron chi connectivity index (χ4n) is 2.11. The zero-order valence-corrected chi connectivity index (χ0v) is 11.5. The molecule has 2 heteroatoms. The highest BCUT2D eigenvalue weighted by molar-refractivity contribution is 5.32. The molecule has 100 valence electrons. The van der Waals surface area contributed by atoms with Crippen LogP contribution < -0.4 is 11.1 Å². The summed E-state index contributed by atoms with van der Waals surface area (Å²) in [5.41, 5.74) is 9.89. The van der Waals surface area contributed by atoms with Gasteiger partial charge in [-0.05, 0) is 29.7 Å². The Morgan fingerprint density at radius 2 is 1.58 bits per heavy atom. The first-order valence-electron chi connectivity index (χ1n) is 6.91. The lowest BCUT2D eigenvalue weighted by Crippen LogP contribution is -2.14. The highest BCUT2D eigenvalue weighted by Crippen LogP contribution is 2.19. The van der Waals surface area contributed by atoms with Gasteiger partial charge in [0.05, 0.1) is 6.04 Å². The van der Waals surface area contributed by atoms with Crippen LogP contribution in [0.4, 0.5) is 0 Å². The van der Waals surface area contributed by atoms with Gasteiger partial charge in [0.15, 0.2) is 0 Å². The Balaban J connectivity index is 2.02. The number of nitrogens with one attached hydrogen (secondary N) is 1. The summed E-state index contributed by atoms with van der Waals surface area (Å²) < 4.78 is 0. The molecule has 0 bridgehead atoms. The van der Waals surface area contributed by atoms with Crippen molar-refractivity contribution in [2.45, 2.75) is 25.9 Å². The Labute approximate surface area is 115 Å². The molecule has 1 atom stereocenters. The van der Waals surface area contributed by atoms with E-state index in [0.29, 0.717) is 0 Å². The molecule has 0 fully saturated rings. The second-order valence-electron chi connectivity index (χ2n) is 4.81.